The second-order valence-corrected chi connectivity index (χ2v) is 4.44. The van der Waals surface area contributed by atoms with Crippen LogP contribution in [0.1, 0.15) is 6.42 Å². The summed E-state index contributed by atoms with van der Waals surface area (Å²) in [7, 11) is 0. The summed E-state index contributed by atoms with van der Waals surface area (Å²) in [6.45, 7) is 5.03. The molecule has 0 saturated heterocycles. The predicted molar refractivity (Wildman–Crippen MR) is 72.7 cm³/mol. The number of rotatable bonds is 6. The summed E-state index contributed by atoms with van der Waals surface area (Å²) >= 11 is 5.10. The molecule has 6 heteroatoms. The number of H-pyrrole nitrogens is 1. The number of halogens is 2. The van der Waals surface area contributed by atoms with E-state index >= 15 is 0 Å². The highest BCUT2D eigenvalue weighted by atomic mass is 32.1. The smallest absolute Gasteiger partial charge is 0.178 e. The van der Waals surface area contributed by atoms with Crippen LogP contribution in [0.25, 0.3) is 11.0 Å². The first-order valence-corrected chi connectivity index (χ1v) is 6.30. The topological polar surface area (TPSA) is 29.9 Å². The monoisotopic (exact) mass is 284 g/mol. The van der Waals surface area contributed by atoms with Crippen LogP contribution >= 0.6 is 12.2 Å². The summed E-state index contributed by atoms with van der Waals surface area (Å²) < 4.78 is 34.1. The number of nitrogens with zero attached hydrogens (tertiary/aromatic N) is 1. The molecule has 19 heavy (non-hydrogen) atoms. The van der Waals surface area contributed by atoms with Gasteiger partial charge in [-0.2, -0.15) is 0 Å². The van der Waals surface area contributed by atoms with E-state index in [9.17, 15) is 8.78 Å². The van der Waals surface area contributed by atoms with Crippen LogP contribution in [0.3, 0.4) is 0 Å². The summed E-state index contributed by atoms with van der Waals surface area (Å²) in [5.74, 6) is -1.27. The summed E-state index contributed by atoms with van der Waals surface area (Å²) in [4.78, 5) is 2.74. The minimum atomic E-state index is -0.646. The number of nitrogens with one attached hydrogen (secondary N) is 1. The van der Waals surface area contributed by atoms with E-state index in [0.29, 0.717) is 30.0 Å². The number of aromatic amines is 1. The van der Waals surface area contributed by atoms with Crippen LogP contribution < -0.4 is 0 Å². The maximum Gasteiger partial charge on any atom is 0.178 e. The lowest BCUT2D eigenvalue weighted by Gasteiger charge is -2.05. The molecule has 0 saturated carbocycles. The van der Waals surface area contributed by atoms with E-state index in [1.807, 2.05) is 0 Å². The molecule has 3 nitrogen and oxygen atoms in total. The third-order valence-electron chi connectivity index (χ3n) is 2.73. The Labute approximate surface area is 114 Å². The van der Waals surface area contributed by atoms with Crippen molar-refractivity contribution in [3.8, 4) is 0 Å². The Kier molecular flexibility index (Phi) is 4.44. The Morgan fingerprint density at radius 2 is 2.16 bits per heavy atom. The molecule has 2 rings (SSSR count). The average Bonchev–Trinajstić information content (AvgIpc) is 2.67. The Bertz CT molecular complexity index is 648. The van der Waals surface area contributed by atoms with E-state index in [0.717, 1.165) is 12.5 Å². The van der Waals surface area contributed by atoms with Crippen molar-refractivity contribution in [1.82, 2.24) is 9.55 Å². The van der Waals surface area contributed by atoms with Gasteiger partial charge >= 0.3 is 0 Å². The predicted octanol–water partition coefficient (Wildman–Crippen LogP) is 3.57. The molecule has 0 amide bonds. The van der Waals surface area contributed by atoms with Crippen molar-refractivity contribution in [2.75, 3.05) is 13.2 Å². The third kappa shape index (κ3) is 3.08. The number of fused-ring (bicyclic) bond motifs is 1. The highest BCUT2D eigenvalue weighted by Gasteiger charge is 2.10. The van der Waals surface area contributed by atoms with Crippen molar-refractivity contribution >= 4 is 23.3 Å². The van der Waals surface area contributed by atoms with Crippen LogP contribution in [0, 0.1) is 16.4 Å². The number of hydrogen-bond acceptors (Lipinski definition) is 2. The molecular weight excluding hydrogens is 270 g/mol. The van der Waals surface area contributed by atoms with Gasteiger partial charge in [0.15, 0.2) is 10.6 Å². The van der Waals surface area contributed by atoms with Crippen LogP contribution in [-0.2, 0) is 11.3 Å². The van der Waals surface area contributed by atoms with Crippen molar-refractivity contribution in [2.45, 2.75) is 13.0 Å². The highest BCUT2D eigenvalue weighted by molar-refractivity contribution is 7.71. The minimum Gasteiger partial charge on any atom is -0.379 e. The fraction of sp³-hybridized carbons (Fsp3) is 0.308. The molecule has 0 atom stereocenters. The van der Waals surface area contributed by atoms with Crippen molar-refractivity contribution < 1.29 is 13.5 Å². The molecule has 0 spiro atoms. The van der Waals surface area contributed by atoms with Crippen molar-refractivity contribution in [3.63, 3.8) is 0 Å². The molecule has 0 aliphatic heterocycles. The van der Waals surface area contributed by atoms with Crippen LogP contribution in [-0.4, -0.2) is 22.8 Å². The minimum absolute atomic E-state index is 0.220. The van der Waals surface area contributed by atoms with E-state index in [1.54, 1.807) is 10.6 Å². The van der Waals surface area contributed by atoms with Gasteiger partial charge < -0.3 is 14.3 Å². The van der Waals surface area contributed by atoms with Gasteiger partial charge in [0.25, 0.3) is 0 Å². The molecule has 0 aliphatic carbocycles. The van der Waals surface area contributed by atoms with Gasteiger partial charge in [0.1, 0.15) is 11.3 Å². The maximum atomic E-state index is 13.6. The molecule has 0 bridgehead atoms. The van der Waals surface area contributed by atoms with Crippen molar-refractivity contribution in [1.29, 1.82) is 0 Å². The molecule has 0 aliphatic rings. The van der Waals surface area contributed by atoms with Gasteiger partial charge in [-0.15, -0.1) is 6.58 Å². The molecule has 0 radical (unpaired) electrons. The molecular formula is C13H14F2N2OS. The average molecular weight is 284 g/mol. The molecule has 1 aromatic carbocycles. The van der Waals surface area contributed by atoms with Gasteiger partial charge in [0.2, 0.25) is 0 Å². The van der Waals surface area contributed by atoms with E-state index in [1.165, 1.54) is 6.07 Å². The van der Waals surface area contributed by atoms with E-state index in [-0.39, 0.29) is 5.52 Å². The lowest BCUT2D eigenvalue weighted by Crippen LogP contribution is -2.06. The number of ether oxygens (including phenoxy) is 1. The molecule has 0 fully saturated rings. The van der Waals surface area contributed by atoms with Gasteiger partial charge in [0.05, 0.1) is 18.7 Å². The first kappa shape index (κ1) is 13.9. The van der Waals surface area contributed by atoms with Crippen LogP contribution in [0.2, 0.25) is 0 Å². The number of benzene rings is 1. The summed E-state index contributed by atoms with van der Waals surface area (Å²) in [6, 6.07) is 2.09. The zero-order chi connectivity index (χ0) is 13.8. The van der Waals surface area contributed by atoms with Crippen LogP contribution in [0.15, 0.2) is 24.8 Å². The largest absolute Gasteiger partial charge is 0.379 e. The zero-order valence-corrected chi connectivity index (χ0v) is 11.1. The van der Waals surface area contributed by atoms with E-state index in [4.69, 9.17) is 17.0 Å². The SMILES string of the molecule is C=CCCOCCn1c(=S)[nH]c2c(F)cc(F)cc21. The summed E-state index contributed by atoms with van der Waals surface area (Å²) in [6.07, 6.45) is 2.53. The highest BCUT2D eigenvalue weighted by Crippen LogP contribution is 2.19. The fourth-order valence-corrected chi connectivity index (χ4v) is 2.12. The molecule has 2 aromatic rings. The first-order valence-electron chi connectivity index (χ1n) is 5.89. The quantitative estimate of drug-likeness (QED) is 0.499. The lowest BCUT2D eigenvalue weighted by atomic mass is 10.3. The van der Waals surface area contributed by atoms with E-state index in [2.05, 4.69) is 11.6 Å². The Morgan fingerprint density at radius 3 is 2.89 bits per heavy atom. The van der Waals surface area contributed by atoms with Gasteiger partial charge in [-0.3, -0.25) is 0 Å². The Morgan fingerprint density at radius 1 is 1.37 bits per heavy atom. The van der Waals surface area contributed by atoms with Crippen molar-refractivity contribution in [2.24, 2.45) is 0 Å². The molecule has 0 unspecified atom stereocenters. The van der Waals surface area contributed by atoms with Gasteiger partial charge in [-0.1, -0.05) is 6.08 Å². The lowest BCUT2D eigenvalue weighted by molar-refractivity contribution is 0.131. The molecule has 1 N–H and O–H groups in total. The fourth-order valence-electron chi connectivity index (χ4n) is 1.83. The summed E-state index contributed by atoms with van der Waals surface area (Å²) in [5.41, 5.74) is 0.632. The number of aromatic nitrogens is 2. The molecule has 1 heterocycles. The Balaban J connectivity index is 2.20. The second-order valence-electron chi connectivity index (χ2n) is 4.05. The van der Waals surface area contributed by atoms with Crippen LogP contribution in [0.5, 0.6) is 0 Å². The molecule has 102 valence electrons. The number of hydrogen-bond donors (Lipinski definition) is 1. The molecule has 1 aromatic heterocycles. The van der Waals surface area contributed by atoms with Crippen LogP contribution in [0.4, 0.5) is 8.78 Å². The van der Waals surface area contributed by atoms with E-state index < -0.39 is 11.6 Å². The standard InChI is InChI=1S/C13H14F2N2OS/c1-2-3-5-18-6-4-17-11-8-9(14)7-10(15)12(11)16-13(17)19/h2,7-8H,1,3-6H2,(H,16,19). The second kappa shape index (κ2) is 6.08. The van der Waals surface area contributed by atoms with Gasteiger partial charge in [-0.25, -0.2) is 8.78 Å². The first-order chi connectivity index (χ1) is 9.13. The van der Waals surface area contributed by atoms with Gasteiger partial charge in [0, 0.05) is 12.6 Å². The maximum absolute atomic E-state index is 13.6. The Hall–Kier alpha value is -1.53. The third-order valence-corrected chi connectivity index (χ3v) is 3.05. The zero-order valence-electron chi connectivity index (χ0n) is 10.3. The summed E-state index contributed by atoms with van der Waals surface area (Å²) in [5, 5.41) is 0. The number of imidazole rings is 1. The van der Waals surface area contributed by atoms with Crippen molar-refractivity contribution in [3.05, 3.63) is 41.2 Å². The normalized spacial score (nSPS) is 11.1. The van der Waals surface area contributed by atoms with Gasteiger partial charge in [-0.05, 0) is 24.7 Å².